The van der Waals surface area contributed by atoms with Crippen LogP contribution >= 0.6 is 27.5 Å². The second kappa shape index (κ2) is 7.44. The molecule has 21 heavy (non-hydrogen) atoms. The highest BCUT2D eigenvalue weighted by molar-refractivity contribution is 9.10. The molecule has 3 heteroatoms. The first-order valence-electron chi connectivity index (χ1n) is 7.27. The smallest absolute Gasteiger partial charge is 0.0577 e. The monoisotopic (exact) mass is 365 g/mol. The molecular weight excluding hydrogens is 346 g/mol. The summed E-state index contributed by atoms with van der Waals surface area (Å²) < 4.78 is 0.939. The summed E-state index contributed by atoms with van der Waals surface area (Å²) in [4.78, 5) is 0. The Kier molecular flexibility index (Phi) is 5.86. The van der Waals surface area contributed by atoms with Crippen LogP contribution in [-0.2, 0) is 0 Å². The van der Waals surface area contributed by atoms with Gasteiger partial charge in [-0.05, 0) is 66.0 Å². The molecule has 0 saturated carbocycles. The van der Waals surface area contributed by atoms with Crippen LogP contribution in [0.1, 0.15) is 41.6 Å². The molecule has 0 aliphatic rings. The van der Waals surface area contributed by atoms with Crippen LogP contribution in [0.3, 0.4) is 0 Å². The Morgan fingerprint density at radius 3 is 2.29 bits per heavy atom. The molecule has 1 N–H and O–H groups in total. The van der Waals surface area contributed by atoms with E-state index in [9.17, 15) is 0 Å². The van der Waals surface area contributed by atoms with Gasteiger partial charge in [0.25, 0.3) is 0 Å². The van der Waals surface area contributed by atoms with Crippen molar-refractivity contribution in [3.8, 4) is 0 Å². The van der Waals surface area contributed by atoms with Gasteiger partial charge in [0.1, 0.15) is 0 Å². The van der Waals surface area contributed by atoms with Gasteiger partial charge in [-0.3, -0.25) is 0 Å². The first-order chi connectivity index (χ1) is 10.0. The molecule has 0 aromatic heterocycles. The molecule has 0 amide bonds. The molecule has 0 radical (unpaired) electrons. The van der Waals surface area contributed by atoms with Crippen LogP contribution in [0.4, 0.5) is 0 Å². The molecule has 0 bridgehead atoms. The molecule has 1 unspecified atom stereocenters. The topological polar surface area (TPSA) is 12.0 Å². The van der Waals surface area contributed by atoms with E-state index in [0.29, 0.717) is 0 Å². The van der Waals surface area contributed by atoms with E-state index in [4.69, 9.17) is 11.6 Å². The van der Waals surface area contributed by atoms with Crippen molar-refractivity contribution in [2.24, 2.45) is 0 Å². The predicted molar refractivity (Wildman–Crippen MR) is 95.2 cm³/mol. The zero-order valence-electron chi connectivity index (χ0n) is 12.7. The van der Waals surface area contributed by atoms with Crippen molar-refractivity contribution in [3.05, 3.63) is 68.1 Å². The summed E-state index contributed by atoms with van der Waals surface area (Å²) >= 11 is 9.64. The fourth-order valence-corrected chi connectivity index (χ4v) is 3.10. The molecule has 2 rings (SSSR count). The van der Waals surface area contributed by atoms with E-state index in [1.165, 1.54) is 22.3 Å². The number of nitrogens with one attached hydrogen (secondary N) is 1. The molecule has 2 aromatic rings. The molecule has 0 fully saturated rings. The highest BCUT2D eigenvalue weighted by Crippen LogP contribution is 2.30. The number of aryl methyl sites for hydroxylation is 2. The Hall–Kier alpha value is -0.830. The maximum Gasteiger partial charge on any atom is 0.0577 e. The number of hydrogen-bond donors (Lipinski definition) is 1. The number of halogens is 2. The van der Waals surface area contributed by atoms with Crippen LogP contribution in [0.2, 0.25) is 5.02 Å². The van der Waals surface area contributed by atoms with E-state index >= 15 is 0 Å². The molecule has 0 aliphatic carbocycles. The van der Waals surface area contributed by atoms with Gasteiger partial charge in [0.2, 0.25) is 0 Å². The van der Waals surface area contributed by atoms with E-state index < -0.39 is 0 Å². The van der Waals surface area contributed by atoms with Gasteiger partial charge in [0, 0.05) is 4.47 Å². The average Bonchev–Trinajstić information content (AvgIpc) is 2.42. The van der Waals surface area contributed by atoms with Crippen molar-refractivity contribution in [2.45, 2.75) is 33.2 Å². The summed E-state index contributed by atoms with van der Waals surface area (Å²) in [5.74, 6) is 0. The Morgan fingerprint density at radius 1 is 1.05 bits per heavy atom. The minimum Gasteiger partial charge on any atom is -0.306 e. The molecule has 1 atom stereocenters. The van der Waals surface area contributed by atoms with Gasteiger partial charge in [0.05, 0.1) is 11.1 Å². The first-order valence-corrected chi connectivity index (χ1v) is 8.45. The molecule has 0 spiro atoms. The molecule has 0 saturated heterocycles. The van der Waals surface area contributed by atoms with Crippen molar-refractivity contribution in [3.63, 3.8) is 0 Å². The normalized spacial score (nSPS) is 12.4. The van der Waals surface area contributed by atoms with Crippen molar-refractivity contribution < 1.29 is 0 Å². The standard InChI is InChI=1S/C18H21BrClN/c1-4-7-21-18(14-5-6-17(20)16(19)11-14)15-9-12(2)8-13(3)10-15/h5-6,8-11,18,21H,4,7H2,1-3H3. The summed E-state index contributed by atoms with van der Waals surface area (Å²) in [6.45, 7) is 7.46. The third-order valence-electron chi connectivity index (χ3n) is 3.45. The fraction of sp³-hybridized carbons (Fsp3) is 0.333. The van der Waals surface area contributed by atoms with E-state index in [1.807, 2.05) is 6.07 Å². The zero-order chi connectivity index (χ0) is 15.4. The lowest BCUT2D eigenvalue weighted by atomic mass is 9.95. The van der Waals surface area contributed by atoms with Gasteiger partial charge in [0.15, 0.2) is 0 Å². The van der Waals surface area contributed by atoms with E-state index in [1.54, 1.807) is 0 Å². The Labute approximate surface area is 140 Å². The molecule has 0 aliphatic heterocycles. The number of rotatable bonds is 5. The van der Waals surface area contributed by atoms with Crippen molar-refractivity contribution in [1.82, 2.24) is 5.32 Å². The van der Waals surface area contributed by atoms with Crippen molar-refractivity contribution >= 4 is 27.5 Å². The summed E-state index contributed by atoms with van der Waals surface area (Å²) in [7, 11) is 0. The highest BCUT2D eigenvalue weighted by Gasteiger charge is 2.15. The van der Waals surface area contributed by atoms with E-state index in [2.05, 4.69) is 72.3 Å². The minimum absolute atomic E-state index is 0.192. The largest absolute Gasteiger partial charge is 0.306 e. The summed E-state index contributed by atoms with van der Waals surface area (Å²) in [6, 6.07) is 13.1. The zero-order valence-corrected chi connectivity index (χ0v) is 15.1. The van der Waals surface area contributed by atoms with Gasteiger partial charge in [-0.1, -0.05) is 53.9 Å². The van der Waals surface area contributed by atoms with Crippen LogP contribution < -0.4 is 5.32 Å². The summed E-state index contributed by atoms with van der Waals surface area (Å²) in [5, 5.41) is 4.38. The predicted octanol–water partition coefficient (Wildman–Crippen LogP) is 5.81. The van der Waals surface area contributed by atoms with Gasteiger partial charge < -0.3 is 5.32 Å². The first kappa shape index (κ1) is 16.5. The summed E-state index contributed by atoms with van der Waals surface area (Å²) in [6.07, 6.45) is 1.11. The van der Waals surface area contributed by atoms with Crippen molar-refractivity contribution in [2.75, 3.05) is 6.54 Å². The lowest BCUT2D eigenvalue weighted by molar-refractivity contribution is 0.598. The molecule has 112 valence electrons. The maximum absolute atomic E-state index is 6.12. The number of benzene rings is 2. The SMILES string of the molecule is CCCNC(c1cc(C)cc(C)c1)c1ccc(Cl)c(Br)c1. The van der Waals surface area contributed by atoms with Crippen LogP contribution in [-0.4, -0.2) is 6.54 Å². The molecular formula is C18H21BrClN. The second-order valence-electron chi connectivity index (χ2n) is 5.48. The Balaban J connectivity index is 2.43. The van der Waals surface area contributed by atoms with Crippen LogP contribution in [0.15, 0.2) is 40.9 Å². The molecule has 2 aromatic carbocycles. The van der Waals surface area contributed by atoms with Crippen LogP contribution in [0, 0.1) is 13.8 Å². The lowest BCUT2D eigenvalue weighted by Crippen LogP contribution is -2.23. The van der Waals surface area contributed by atoms with E-state index in [0.717, 1.165) is 22.5 Å². The highest BCUT2D eigenvalue weighted by atomic mass is 79.9. The van der Waals surface area contributed by atoms with Gasteiger partial charge >= 0.3 is 0 Å². The second-order valence-corrected chi connectivity index (χ2v) is 6.74. The quantitative estimate of drug-likeness (QED) is 0.704. The molecule has 1 nitrogen and oxygen atoms in total. The number of hydrogen-bond acceptors (Lipinski definition) is 1. The third kappa shape index (κ3) is 4.32. The summed E-state index contributed by atoms with van der Waals surface area (Å²) in [5.41, 5.74) is 5.11. The Bertz CT molecular complexity index is 604. The minimum atomic E-state index is 0.192. The fourth-order valence-electron chi connectivity index (χ4n) is 2.59. The van der Waals surface area contributed by atoms with Crippen molar-refractivity contribution in [1.29, 1.82) is 0 Å². The van der Waals surface area contributed by atoms with Gasteiger partial charge in [-0.25, -0.2) is 0 Å². The lowest BCUT2D eigenvalue weighted by Gasteiger charge is -2.21. The van der Waals surface area contributed by atoms with Crippen LogP contribution in [0.25, 0.3) is 0 Å². The maximum atomic E-state index is 6.12. The van der Waals surface area contributed by atoms with Gasteiger partial charge in [-0.2, -0.15) is 0 Å². The molecule has 0 heterocycles. The average molecular weight is 367 g/mol. The van der Waals surface area contributed by atoms with Gasteiger partial charge in [-0.15, -0.1) is 0 Å². The third-order valence-corrected chi connectivity index (χ3v) is 4.67. The van der Waals surface area contributed by atoms with E-state index in [-0.39, 0.29) is 6.04 Å². The van der Waals surface area contributed by atoms with Crippen LogP contribution in [0.5, 0.6) is 0 Å². The Morgan fingerprint density at radius 2 is 1.71 bits per heavy atom.